The van der Waals surface area contributed by atoms with Gasteiger partial charge in [-0.2, -0.15) is 0 Å². The molecule has 1 amide bonds. The highest BCUT2D eigenvalue weighted by Crippen LogP contribution is 2.23. The highest BCUT2D eigenvalue weighted by Gasteiger charge is 2.22. The van der Waals surface area contributed by atoms with Gasteiger partial charge in [0.1, 0.15) is 5.82 Å². The van der Waals surface area contributed by atoms with Crippen LogP contribution in [0.4, 0.5) is 4.39 Å². The molecule has 1 aromatic carbocycles. The number of carbonyl (C=O) groups is 1. The minimum absolute atomic E-state index is 0.00120. The largest absolute Gasteiger partial charge is 0.404 e. The molecular formula is C15H18FN3O. The van der Waals surface area contributed by atoms with E-state index in [4.69, 9.17) is 11.1 Å². The molecule has 0 atom stereocenters. The van der Waals surface area contributed by atoms with Crippen LogP contribution in [0, 0.1) is 18.2 Å². The zero-order valence-electron chi connectivity index (χ0n) is 11.4. The normalized spacial score (nSPS) is 15.6. The number of hydrogen-bond acceptors (Lipinski definition) is 3. The van der Waals surface area contributed by atoms with E-state index in [2.05, 4.69) is 5.32 Å². The lowest BCUT2D eigenvalue weighted by molar-refractivity contribution is 0.0913. The van der Waals surface area contributed by atoms with Gasteiger partial charge in [-0.25, -0.2) is 4.39 Å². The van der Waals surface area contributed by atoms with Gasteiger partial charge in [0.05, 0.1) is 5.56 Å². The number of benzene rings is 1. The third-order valence-electron chi connectivity index (χ3n) is 3.65. The quantitative estimate of drug-likeness (QED) is 0.737. The molecule has 0 saturated heterocycles. The Hall–Kier alpha value is -2.17. The fourth-order valence-electron chi connectivity index (χ4n) is 2.19. The van der Waals surface area contributed by atoms with Crippen molar-refractivity contribution in [2.24, 2.45) is 5.73 Å². The first kappa shape index (κ1) is 14.2. The highest BCUT2D eigenvalue weighted by atomic mass is 19.1. The second kappa shape index (κ2) is 5.86. The second-order valence-electron chi connectivity index (χ2n) is 5.01. The number of nitrogens with one attached hydrogen (secondary N) is 2. The van der Waals surface area contributed by atoms with E-state index in [0.29, 0.717) is 16.7 Å². The van der Waals surface area contributed by atoms with Crippen LogP contribution in [-0.2, 0) is 0 Å². The SMILES string of the molecule is Cc1cc(F)c(C(=O)NC2CCC2)cc1/C(C=N)=C/N. The Kier molecular flexibility index (Phi) is 4.17. The summed E-state index contributed by atoms with van der Waals surface area (Å²) in [5, 5.41) is 10.1. The summed E-state index contributed by atoms with van der Waals surface area (Å²) < 4.78 is 14.0. The van der Waals surface area contributed by atoms with E-state index >= 15 is 0 Å². The van der Waals surface area contributed by atoms with Gasteiger partial charge in [0, 0.05) is 24.0 Å². The number of nitrogens with two attached hydrogens (primary N) is 1. The number of halogens is 1. The minimum Gasteiger partial charge on any atom is -0.404 e. The Morgan fingerprint density at radius 2 is 2.15 bits per heavy atom. The topological polar surface area (TPSA) is 79.0 Å². The molecule has 5 heteroatoms. The number of allylic oxidation sites excluding steroid dienone is 1. The van der Waals surface area contributed by atoms with Crippen LogP contribution in [0.5, 0.6) is 0 Å². The van der Waals surface area contributed by atoms with Gasteiger partial charge in [0.15, 0.2) is 0 Å². The Labute approximate surface area is 117 Å². The molecule has 0 spiro atoms. The van der Waals surface area contributed by atoms with Crippen LogP contribution < -0.4 is 11.1 Å². The maximum Gasteiger partial charge on any atom is 0.254 e. The summed E-state index contributed by atoms with van der Waals surface area (Å²) in [6.45, 7) is 1.72. The van der Waals surface area contributed by atoms with Gasteiger partial charge in [0.25, 0.3) is 5.91 Å². The van der Waals surface area contributed by atoms with Crippen molar-refractivity contribution in [1.82, 2.24) is 5.32 Å². The number of aryl methyl sites for hydroxylation is 1. The van der Waals surface area contributed by atoms with Gasteiger partial charge in [0.2, 0.25) is 0 Å². The van der Waals surface area contributed by atoms with Gasteiger partial charge in [-0.3, -0.25) is 4.79 Å². The van der Waals surface area contributed by atoms with Gasteiger partial charge in [-0.1, -0.05) is 0 Å². The fourth-order valence-corrected chi connectivity index (χ4v) is 2.19. The molecule has 0 radical (unpaired) electrons. The monoisotopic (exact) mass is 275 g/mol. The lowest BCUT2D eigenvalue weighted by atomic mass is 9.92. The zero-order chi connectivity index (χ0) is 14.7. The van der Waals surface area contributed by atoms with Crippen molar-refractivity contribution in [1.29, 1.82) is 5.41 Å². The Balaban J connectivity index is 2.34. The fraction of sp³-hybridized carbons (Fsp3) is 0.333. The van der Waals surface area contributed by atoms with Crippen molar-refractivity contribution in [3.05, 3.63) is 40.8 Å². The van der Waals surface area contributed by atoms with Crippen LogP contribution in [0.3, 0.4) is 0 Å². The van der Waals surface area contributed by atoms with E-state index in [9.17, 15) is 9.18 Å². The number of hydrogen-bond donors (Lipinski definition) is 3. The smallest absolute Gasteiger partial charge is 0.254 e. The third kappa shape index (κ3) is 2.71. The van der Waals surface area contributed by atoms with Crippen LogP contribution in [0.25, 0.3) is 5.57 Å². The maximum atomic E-state index is 14.0. The lowest BCUT2D eigenvalue weighted by Crippen LogP contribution is -2.39. The summed E-state index contributed by atoms with van der Waals surface area (Å²) in [5.74, 6) is -0.959. The molecule has 1 aliphatic carbocycles. The predicted octanol–water partition coefficient (Wildman–Crippen LogP) is 2.37. The third-order valence-corrected chi connectivity index (χ3v) is 3.65. The van der Waals surface area contributed by atoms with Crippen LogP contribution in [0.15, 0.2) is 18.3 Å². The van der Waals surface area contributed by atoms with Crippen molar-refractivity contribution in [2.75, 3.05) is 0 Å². The molecule has 0 unspecified atom stereocenters. The summed E-state index contributed by atoms with van der Waals surface area (Å²) in [6.07, 6.45) is 5.36. The van der Waals surface area contributed by atoms with Crippen molar-refractivity contribution >= 4 is 17.7 Å². The Morgan fingerprint density at radius 3 is 2.65 bits per heavy atom. The van der Waals surface area contributed by atoms with Crippen molar-refractivity contribution in [2.45, 2.75) is 32.2 Å². The van der Waals surface area contributed by atoms with Crippen molar-refractivity contribution in [3.63, 3.8) is 0 Å². The van der Waals surface area contributed by atoms with E-state index in [-0.39, 0.29) is 11.6 Å². The molecule has 0 aliphatic heterocycles. The molecule has 2 rings (SSSR count). The first-order valence-corrected chi connectivity index (χ1v) is 6.60. The van der Waals surface area contributed by atoms with E-state index < -0.39 is 11.7 Å². The van der Waals surface area contributed by atoms with Gasteiger partial charge in [-0.15, -0.1) is 0 Å². The molecule has 1 saturated carbocycles. The van der Waals surface area contributed by atoms with Crippen LogP contribution in [0.1, 0.15) is 40.7 Å². The first-order valence-electron chi connectivity index (χ1n) is 6.60. The molecule has 20 heavy (non-hydrogen) atoms. The number of carbonyl (C=O) groups excluding carboxylic acids is 1. The molecular weight excluding hydrogens is 257 g/mol. The van der Waals surface area contributed by atoms with Crippen LogP contribution in [0.2, 0.25) is 0 Å². The first-order chi connectivity index (χ1) is 9.56. The van der Waals surface area contributed by atoms with E-state index in [1.807, 2.05) is 0 Å². The van der Waals surface area contributed by atoms with Gasteiger partial charge >= 0.3 is 0 Å². The summed E-state index contributed by atoms with van der Waals surface area (Å²) in [6, 6.07) is 2.92. The van der Waals surface area contributed by atoms with E-state index in [1.54, 1.807) is 6.92 Å². The zero-order valence-corrected chi connectivity index (χ0v) is 11.4. The maximum absolute atomic E-state index is 14.0. The minimum atomic E-state index is -0.551. The molecule has 1 fully saturated rings. The molecule has 0 heterocycles. The summed E-state index contributed by atoms with van der Waals surface area (Å²) in [4.78, 5) is 12.1. The number of rotatable bonds is 4. The average Bonchev–Trinajstić information content (AvgIpc) is 2.37. The highest BCUT2D eigenvalue weighted by molar-refractivity contribution is 6.09. The molecule has 1 aliphatic rings. The van der Waals surface area contributed by atoms with Crippen molar-refractivity contribution in [3.8, 4) is 0 Å². The second-order valence-corrected chi connectivity index (χ2v) is 5.01. The molecule has 0 bridgehead atoms. The predicted molar refractivity (Wildman–Crippen MR) is 77.2 cm³/mol. The summed E-state index contributed by atoms with van der Waals surface area (Å²) in [5.41, 5.74) is 7.15. The van der Waals surface area contributed by atoms with Crippen molar-refractivity contribution < 1.29 is 9.18 Å². The summed E-state index contributed by atoms with van der Waals surface area (Å²) >= 11 is 0. The Morgan fingerprint density at radius 1 is 1.45 bits per heavy atom. The Bertz CT molecular complexity index is 577. The van der Waals surface area contributed by atoms with Crippen LogP contribution in [-0.4, -0.2) is 18.2 Å². The standard InChI is InChI=1S/C15H18FN3O/c1-9-5-14(16)13(6-12(9)10(7-17)8-18)15(20)19-11-3-2-4-11/h5-8,11,17H,2-4,18H2,1H3,(H,19,20)/b10-8+,17-7?. The molecule has 1 aromatic rings. The van der Waals surface area contributed by atoms with Gasteiger partial charge in [-0.05, 0) is 49.4 Å². The van der Waals surface area contributed by atoms with Crippen LogP contribution >= 0.6 is 0 Å². The van der Waals surface area contributed by atoms with E-state index in [1.165, 1.54) is 18.3 Å². The van der Waals surface area contributed by atoms with E-state index in [0.717, 1.165) is 25.5 Å². The summed E-state index contributed by atoms with van der Waals surface area (Å²) in [7, 11) is 0. The molecule has 4 N–H and O–H groups in total. The van der Waals surface area contributed by atoms with Gasteiger partial charge < -0.3 is 16.5 Å². The molecule has 106 valence electrons. The molecule has 0 aromatic heterocycles. The lowest BCUT2D eigenvalue weighted by Gasteiger charge is -2.26. The average molecular weight is 275 g/mol. The molecule has 4 nitrogen and oxygen atoms in total. The number of amides is 1.